The molecule has 1 aliphatic rings. The van der Waals surface area contributed by atoms with E-state index in [1.807, 2.05) is 6.08 Å². The molecule has 8 N–H and O–H groups in total. The normalized spacial score (nSPS) is 24.0. The Balaban J connectivity index is 2.62. The second-order valence-electron chi connectivity index (χ2n) is 13.6. The first-order valence-corrected chi connectivity index (χ1v) is 19.2. The lowest BCUT2D eigenvalue weighted by atomic mass is 9.98. The van der Waals surface area contributed by atoms with Crippen LogP contribution in [0.15, 0.2) is 24.3 Å². The van der Waals surface area contributed by atoms with E-state index in [1.54, 1.807) is 0 Å². The molecule has 11 heteroatoms. The van der Waals surface area contributed by atoms with Gasteiger partial charge in [-0.15, -0.1) is 0 Å². The molecule has 9 atom stereocenters. The third-order valence-corrected chi connectivity index (χ3v) is 9.23. The van der Waals surface area contributed by atoms with E-state index in [2.05, 4.69) is 37.4 Å². The van der Waals surface area contributed by atoms with Gasteiger partial charge in [0.05, 0.1) is 25.4 Å². The Labute approximate surface area is 295 Å². The van der Waals surface area contributed by atoms with Crippen molar-refractivity contribution in [3.05, 3.63) is 24.3 Å². The zero-order valence-electron chi connectivity index (χ0n) is 30.4. The fourth-order valence-electron chi connectivity index (χ4n) is 5.91. The maximum absolute atomic E-state index is 13.0. The highest BCUT2D eigenvalue weighted by Gasteiger charge is 2.44. The number of allylic oxidation sites excluding steroid dienone is 4. The van der Waals surface area contributed by atoms with Crippen LogP contribution in [0.2, 0.25) is 0 Å². The highest BCUT2D eigenvalue weighted by molar-refractivity contribution is 5.80. The molecule has 1 fully saturated rings. The summed E-state index contributed by atoms with van der Waals surface area (Å²) in [6, 6.07) is -1.18. The quantitative estimate of drug-likeness (QED) is 0.0396. The van der Waals surface area contributed by atoms with E-state index in [9.17, 15) is 40.5 Å². The molecule has 288 valence electrons. The lowest BCUT2D eigenvalue weighted by Gasteiger charge is -2.40. The number of nitrogens with one attached hydrogen (secondary N) is 1. The summed E-state index contributed by atoms with van der Waals surface area (Å²) in [6.45, 7) is 3.31. The van der Waals surface area contributed by atoms with Gasteiger partial charge in [0.2, 0.25) is 5.91 Å². The first-order chi connectivity index (χ1) is 23.7. The minimum absolute atomic E-state index is 0.246. The molecule has 0 spiro atoms. The van der Waals surface area contributed by atoms with Gasteiger partial charge in [0.1, 0.15) is 36.6 Å². The van der Waals surface area contributed by atoms with Crippen LogP contribution < -0.4 is 5.32 Å². The van der Waals surface area contributed by atoms with Gasteiger partial charge in [0.25, 0.3) is 0 Å². The molecule has 1 aliphatic heterocycles. The number of aliphatic hydroxyl groups excluding tert-OH is 7. The van der Waals surface area contributed by atoms with Gasteiger partial charge in [-0.2, -0.15) is 0 Å². The molecular weight excluding hydrogens is 630 g/mol. The van der Waals surface area contributed by atoms with Gasteiger partial charge in [-0.05, 0) is 44.9 Å². The monoisotopic (exact) mass is 702 g/mol. The zero-order valence-corrected chi connectivity index (χ0v) is 30.4. The fourth-order valence-corrected chi connectivity index (χ4v) is 5.91. The summed E-state index contributed by atoms with van der Waals surface area (Å²) in [5.74, 6) is -0.715. The molecule has 0 aromatic heterocycles. The number of unbranched alkanes of at least 4 members (excludes halogenated alkanes) is 14. The summed E-state index contributed by atoms with van der Waals surface area (Å²) in [5, 5.41) is 75.0. The minimum atomic E-state index is -1.67. The topological polar surface area (TPSA) is 189 Å². The molecule has 0 bridgehead atoms. The lowest BCUT2D eigenvalue weighted by molar-refractivity contribution is -0.303. The SMILES string of the molecule is CCCC/C=C/CC/C=C/CCCC(O)C(O)C(COC1OC(CO)C(O)C(O)C1O)NC(=O)C(O)CCCCCCCCCCCCC. The second kappa shape index (κ2) is 29.2. The summed E-state index contributed by atoms with van der Waals surface area (Å²) in [6.07, 6.45) is 16.8. The Bertz CT molecular complexity index is 856. The summed E-state index contributed by atoms with van der Waals surface area (Å²) < 4.78 is 11.0. The van der Waals surface area contributed by atoms with Gasteiger partial charge in [-0.3, -0.25) is 4.79 Å². The van der Waals surface area contributed by atoms with Crippen LogP contribution in [0.3, 0.4) is 0 Å². The average Bonchev–Trinajstić information content (AvgIpc) is 3.10. The van der Waals surface area contributed by atoms with Gasteiger partial charge in [0, 0.05) is 0 Å². The van der Waals surface area contributed by atoms with Gasteiger partial charge in [-0.1, -0.05) is 122 Å². The second-order valence-corrected chi connectivity index (χ2v) is 13.6. The zero-order chi connectivity index (χ0) is 36.3. The smallest absolute Gasteiger partial charge is 0.249 e. The van der Waals surface area contributed by atoms with Crippen molar-refractivity contribution in [2.24, 2.45) is 0 Å². The summed E-state index contributed by atoms with van der Waals surface area (Å²) in [5.41, 5.74) is 0. The predicted molar refractivity (Wildman–Crippen MR) is 192 cm³/mol. The van der Waals surface area contributed by atoms with Gasteiger partial charge >= 0.3 is 0 Å². The molecule has 11 nitrogen and oxygen atoms in total. The number of hydrogen-bond donors (Lipinski definition) is 8. The van der Waals surface area contributed by atoms with E-state index in [0.29, 0.717) is 19.3 Å². The number of ether oxygens (including phenoxy) is 2. The fraction of sp³-hybridized carbons (Fsp3) is 0.868. The van der Waals surface area contributed by atoms with E-state index in [4.69, 9.17) is 9.47 Å². The first-order valence-electron chi connectivity index (χ1n) is 19.2. The summed E-state index contributed by atoms with van der Waals surface area (Å²) >= 11 is 0. The Kier molecular flexibility index (Phi) is 27.2. The summed E-state index contributed by atoms with van der Waals surface area (Å²) in [7, 11) is 0. The molecule has 9 unspecified atom stereocenters. The number of amides is 1. The lowest BCUT2D eigenvalue weighted by Crippen LogP contribution is -2.60. The first kappa shape index (κ1) is 45.6. The van der Waals surface area contributed by atoms with E-state index in [-0.39, 0.29) is 12.8 Å². The molecule has 1 saturated heterocycles. The van der Waals surface area contributed by atoms with Crippen molar-refractivity contribution >= 4 is 5.91 Å². The molecule has 49 heavy (non-hydrogen) atoms. The highest BCUT2D eigenvalue weighted by atomic mass is 16.7. The summed E-state index contributed by atoms with van der Waals surface area (Å²) in [4.78, 5) is 13.0. The standard InChI is InChI=1S/C38H71NO10/c1-3-5-7-9-11-13-15-17-19-21-23-25-30(41)33(43)29(28-48-38-36(46)35(45)34(44)32(27-40)49-38)39-37(47)31(42)26-24-22-20-18-16-14-12-10-8-6-4-2/h9,11,17,19,29-36,38,40-46H,3-8,10,12-16,18,20-28H2,1-2H3,(H,39,47)/b11-9+,19-17+. The third kappa shape index (κ3) is 20.3. The Morgan fingerprint density at radius 3 is 1.80 bits per heavy atom. The van der Waals surface area contributed by atoms with Crippen molar-refractivity contribution < 1.29 is 50.0 Å². The number of carbonyl (C=O) groups excluding carboxylic acids is 1. The maximum Gasteiger partial charge on any atom is 0.249 e. The Hall–Kier alpha value is -1.41. The number of rotatable bonds is 30. The van der Waals surface area contributed by atoms with Crippen molar-refractivity contribution in [1.82, 2.24) is 5.32 Å². The van der Waals surface area contributed by atoms with Crippen molar-refractivity contribution in [3.8, 4) is 0 Å². The van der Waals surface area contributed by atoms with Crippen molar-refractivity contribution in [2.75, 3.05) is 13.2 Å². The van der Waals surface area contributed by atoms with E-state index < -0.39 is 74.2 Å². The molecule has 0 aromatic rings. The largest absolute Gasteiger partial charge is 0.394 e. The van der Waals surface area contributed by atoms with Crippen LogP contribution in [0, 0.1) is 0 Å². The molecule has 0 radical (unpaired) electrons. The van der Waals surface area contributed by atoms with Gasteiger partial charge in [0.15, 0.2) is 6.29 Å². The molecule has 1 amide bonds. The van der Waals surface area contributed by atoms with Crippen LogP contribution in [0.4, 0.5) is 0 Å². The van der Waals surface area contributed by atoms with Gasteiger partial charge < -0.3 is 50.5 Å². The van der Waals surface area contributed by atoms with E-state index in [1.165, 1.54) is 57.8 Å². The minimum Gasteiger partial charge on any atom is -0.394 e. The molecule has 0 saturated carbocycles. The van der Waals surface area contributed by atoms with Gasteiger partial charge in [-0.25, -0.2) is 0 Å². The van der Waals surface area contributed by atoms with Crippen LogP contribution in [0.25, 0.3) is 0 Å². The van der Waals surface area contributed by atoms with Crippen LogP contribution >= 0.6 is 0 Å². The Morgan fingerprint density at radius 1 is 0.694 bits per heavy atom. The number of aliphatic hydroxyl groups is 7. The maximum atomic E-state index is 13.0. The van der Waals surface area contributed by atoms with Crippen LogP contribution in [0.1, 0.15) is 142 Å². The predicted octanol–water partition coefficient (Wildman–Crippen LogP) is 4.32. The molecular formula is C38H71NO10. The molecule has 0 aromatic carbocycles. The van der Waals surface area contributed by atoms with Crippen LogP contribution in [-0.4, -0.2) is 110 Å². The average molecular weight is 702 g/mol. The van der Waals surface area contributed by atoms with Crippen LogP contribution in [0.5, 0.6) is 0 Å². The Morgan fingerprint density at radius 2 is 1.22 bits per heavy atom. The third-order valence-electron chi connectivity index (χ3n) is 9.23. The van der Waals surface area contributed by atoms with Crippen molar-refractivity contribution in [1.29, 1.82) is 0 Å². The van der Waals surface area contributed by atoms with Crippen molar-refractivity contribution in [3.63, 3.8) is 0 Å². The van der Waals surface area contributed by atoms with E-state index >= 15 is 0 Å². The number of hydrogen-bond acceptors (Lipinski definition) is 10. The highest BCUT2D eigenvalue weighted by Crippen LogP contribution is 2.23. The molecule has 1 rings (SSSR count). The van der Waals surface area contributed by atoms with E-state index in [0.717, 1.165) is 38.5 Å². The molecule has 0 aliphatic carbocycles. The number of carbonyl (C=O) groups is 1. The van der Waals surface area contributed by atoms with Crippen molar-refractivity contribution in [2.45, 2.75) is 197 Å². The molecule has 1 heterocycles. The van der Waals surface area contributed by atoms with Crippen LogP contribution in [-0.2, 0) is 14.3 Å².